The quantitative estimate of drug-likeness (QED) is 0.160. The molecule has 2 heterocycles. The molecule has 12 aromatic rings. The van der Waals surface area contributed by atoms with Crippen LogP contribution in [0.5, 0.6) is 0 Å². The largest absolute Gasteiger partial charge is 0.456 e. The molecule has 0 spiro atoms. The first-order chi connectivity index (χ1) is 30.2. The standard InChI is InChI=1S/C58H37NOS/c1-2-19-46-38(13-1)14-11-23-47(46)39-29-32-44(33-30-39)59(54-26-6-3-20-48(54)43-31-34-56-53(37-43)50-21-4-7-27-55(50)60-56)45-18-10-16-41(36-45)40-15-9-17-42(35-40)49-24-12-25-52-51-22-5-8-28-57(51)61-58(49)52/h1-37H. The van der Waals surface area contributed by atoms with Gasteiger partial charge in [-0.15, -0.1) is 11.3 Å². The summed E-state index contributed by atoms with van der Waals surface area (Å²) in [6.07, 6.45) is 0. The van der Waals surface area contributed by atoms with Gasteiger partial charge in [-0.25, -0.2) is 0 Å². The van der Waals surface area contributed by atoms with E-state index in [2.05, 4.69) is 217 Å². The summed E-state index contributed by atoms with van der Waals surface area (Å²) in [5.74, 6) is 0. The lowest BCUT2D eigenvalue weighted by Crippen LogP contribution is -2.11. The van der Waals surface area contributed by atoms with Gasteiger partial charge >= 0.3 is 0 Å². The average Bonchev–Trinajstić information content (AvgIpc) is 3.90. The minimum atomic E-state index is 0.891. The van der Waals surface area contributed by atoms with Crippen molar-refractivity contribution >= 4 is 81.3 Å². The summed E-state index contributed by atoms with van der Waals surface area (Å²) in [6.45, 7) is 0. The Labute approximate surface area is 357 Å². The zero-order chi connectivity index (χ0) is 40.3. The molecule has 0 bridgehead atoms. The van der Waals surface area contributed by atoms with E-state index in [4.69, 9.17) is 4.42 Å². The van der Waals surface area contributed by atoms with Crippen LogP contribution in [0.15, 0.2) is 229 Å². The Morgan fingerprint density at radius 1 is 0.328 bits per heavy atom. The second-order valence-electron chi connectivity index (χ2n) is 15.6. The van der Waals surface area contributed by atoms with Crippen LogP contribution in [0.1, 0.15) is 0 Å². The van der Waals surface area contributed by atoms with Gasteiger partial charge in [-0.1, -0.05) is 164 Å². The highest BCUT2D eigenvalue weighted by atomic mass is 32.1. The molecule has 10 aromatic carbocycles. The SMILES string of the molecule is c1cc(-c2cccc(N(c3ccc(-c4cccc5ccccc45)cc3)c3ccccc3-c3ccc4oc5ccccc5c4c3)c2)cc(-c2cccc3c2sc2ccccc23)c1. The van der Waals surface area contributed by atoms with Gasteiger partial charge in [0.05, 0.1) is 5.69 Å². The van der Waals surface area contributed by atoms with Crippen LogP contribution in [0, 0.1) is 0 Å². The molecule has 61 heavy (non-hydrogen) atoms. The van der Waals surface area contributed by atoms with E-state index in [1.54, 1.807) is 0 Å². The summed E-state index contributed by atoms with van der Waals surface area (Å²) >= 11 is 1.88. The number of hydrogen-bond donors (Lipinski definition) is 0. The summed E-state index contributed by atoms with van der Waals surface area (Å²) < 4.78 is 8.89. The van der Waals surface area contributed by atoms with Gasteiger partial charge in [-0.3, -0.25) is 0 Å². The third kappa shape index (κ3) is 6.09. The van der Waals surface area contributed by atoms with Gasteiger partial charge in [0.2, 0.25) is 0 Å². The lowest BCUT2D eigenvalue weighted by Gasteiger charge is -2.28. The smallest absolute Gasteiger partial charge is 0.135 e. The Kier molecular flexibility index (Phi) is 8.39. The van der Waals surface area contributed by atoms with Crippen LogP contribution >= 0.6 is 11.3 Å². The monoisotopic (exact) mass is 795 g/mol. The predicted molar refractivity (Wildman–Crippen MR) is 261 cm³/mol. The van der Waals surface area contributed by atoms with Gasteiger partial charge in [-0.05, 0) is 110 Å². The van der Waals surface area contributed by atoms with Crippen molar-refractivity contribution in [1.82, 2.24) is 0 Å². The molecule has 0 radical (unpaired) electrons. The van der Waals surface area contributed by atoms with Crippen LogP contribution in [-0.4, -0.2) is 0 Å². The Balaban J connectivity index is 1.00. The number of thiophene rings is 1. The average molecular weight is 796 g/mol. The first kappa shape index (κ1) is 35.2. The van der Waals surface area contributed by atoms with Gasteiger partial charge in [0.25, 0.3) is 0 Å². The molecule has 2 aromatic heterocycles. The van der Waals surface area contributed by atoms with Crippen molar-refractivity contribution in [3.8, 4) is 44.5 Å². The lowest BCUT2D eigenvalue weighted by atomic mass is 9.96. The molecular formula is C58H37NOS. The first-order valence-corrected chi connectivity index (χ1v) is 21.6. The molecule has 2 nitrogen and oxygen atoms in total. The zero-order valence-corrected chi connectivity index (χ0v) is 33.9. The van der Waals surface area contributed by atoms with E-state index in [-0.39, 0.29) is 0 Å². The second kappa shape index (κ2) is 14.5. The summed E-state index contributed by atoms with van der Waals surface area (Å²) in [7, 11) is 0. The minimum absolute atomic E-state index is 0.891. The third-order valence-electron chi connectivity index (χ3n) is 12.1. The fourth-order valence-electron chi connectivity index (χ4n) is 9.17. The summed E-state index contributed by atoms with van der Waals surface area (Å²) in [4.78, 5) is 2.41. The van der Waals surface area contributed by atoms with Gasteiger partial charge in [0.1, 0.15) is 11.2 Å². The van der Waals surface area contributed by atoms with Crippen molar-refractivity contribution in [1.29, 1.82) is 0 Å². The molecule has 0 aliphatic heterocycles. The Morgan fingerprint density at radius 3 is 1.85 bits per heavy atom. The molecular weight excluding hydrogens is 759 g/mol. The maximum absolute atomic E-state index is 6.25. The fourth-order valence-corrected chi connectivity index (χ4v) is 10.4. The predicted octanol–water partition coefficient (Wildman–Crippen LogP) is 17.2. The van der Waals surface area contributed by atoms with Gasteiger partial charge in [0.15, 0.2) is 0 Å². The highest BCUT2D eigenvalue weighted by molar-refractivity contribution is 7.26. The zero-order valence-electron chi connectivity index (χ0n) is 33.1. The van der Waals surface area contributed by atoms with Crippen LogP contribution in [-0.2, 0) is 0 Å². The first-order valence-electron chi connectivity index (χ1n) is 20.7. The third-order valence-corrected chi connectivity index (χ3v) is 13.3. The van der Waals surface area contributed by atoms with Crippen LogP contribution in [0.4, 0.5) is 17.1 Å². The summed E-state index contributed by atoms with van der Waals surface area (Å²) in [5, 5.41) is 7.35. The number of benzene rings is 10. The second-order valence-corrected chi connectivity index (χ2v) is 16.7. The maximum atomic E-state index is 6.25. The Hall–Kier alpha value is -7.72. The topological polar surface area (TPSA) is 16.4 Å². The van der Waals surface area contributed by atoms with Crippen molar-refractivity contribution in [2.45, 2.75) is 0 Å². The molecule has 12 rings (SSSR count). The maximum Gasteiger partial charge on any atom is 0.135 e. The fraction of sp³-hybridized carbons (Fsp3) is 0. The molecule has 0 aliphatic rings. The van der Waals surface area contributed by atoms with Gasteiger partial charge in [0, 0.05) is 47.9 Å². The summed E-state index contributed by atoms with van der Waals surface area (Å²) in [6, 6.07) is 81.3. The molecule has 3 heteroatoms. The number of furan rings is 1. The number of rotatable bonds is 7. The molecule has 0 fully saturated rings. The van der Waals surface area contributed by atoms with E-state index >= 15 is 0 Å². The normalized spacial score (nSPS) is 11.6. The van der Waals surface area contributed by atoms with Crippen LogP contribution < -0.4 is 4.90 Å². The minimum Gasteiger partial charge on any atom is -0.456 e. The van der Waals surface area contributed by atoms with Crippen molar-refractivity contribution < 1.29 is 4.42 Å². The van der Waals surface area contributed by atoms with E-state index in [9.17, 15) is 0 Å². The number of anilines is 3. The highest BCUT2D eigenvalue weighted by Gasteiger charge is 2.20. The molecule has 0 saturated heterocycles. The van der Waals surface area contributed by atoms with Gasteiger partial charge in [-0.2, -0.15) is 0 Å². The van der Waals surface area contributed by atoms with Crippen LogP contribution in [0.2, 0.25) is 0 Å². The highest BCUT2D eigenvalue weighted by Crippen LogP contribution is 2.45. The van der Waals surface area contributed by atoms with Gasteiger partial charge < -0.3 is 9.32 Å². The van der Waals surface area contributed by atoms with Crippen LogP contribution in [0.3, 0.4) is 0 Å². The van der Waals surface area contributed by atoms with E-state index < -0.39 is 0 Å². The molecule has 0 saturated carbocycles. The number of para-hydroxylation sites is 2. The van der Waals surface area contributed by atoms with E-state index in [1.807, 2.05) is 23.5 Å². The number of hydrogen-bond acceptors (Lipinski definition) is 3. The van der Waals surface area contributed by atoms with Crippen molar-refractivity contribution in [2.75, 3.05) is 4.90 Å². The van der Waals surface area contributed by atoms with Crippen molar-refractivity contribution in [3.05, 3.63) is 224 Å². The van der Waals surface area contributed by atoms with E-state index in [0.29, 0.717) is 0 Å². The lowest BCUT2D eigenvalue weighted by molar-refractivity contribution is 0.669. The van der Waals surface area contributed by atoms with Crippen molar-refractivity contribution in [3.63, 3.8) is 0 Å². The molecule has 0 N–H and O–H groups in total. The Bertz CT molecular complexity index is 3610. The number of fused-ring (bicyclic) bond motifs is 7. The van der Waals surface area contributed by atoms with Crippen LogP contribution in [0.25, 0.3) is 97.4 Å². The van der Waals surface area contributed by atoms with Crippen molar-refractivity contribution in [2.24, 2.45) is 0 Å². The molecule has 286 valence electrons. The molecule has 0 aliphatic carbocycles. The van der Waals surface area contributed by atoms with E-state index in [0.717, 1.165) is 55.7 Å². The molecule has 0 atom stereocenters. The van der Waals surface area contributed by atoms with E-state index in [1.165, 1.54) is 58.8 Å². The number of nitrogens with zero attached hydrogens (tertiary/aromatic N) is 1. The molecule has 0 unspecified atom stereocenters. The summed E-state index contributed by atoms with van der Waals surface area (Å²) in [5.41, 5.74) is 14.5. The Morgan fingerprint density at radius 2 is 0.934 bits per heavy atom. The molecule has 0 amide bonds.